The first-order valence-corrected chi connectivity index (χ1v) is 9.38. The predicted molar refractivity (Wildman–Crippen MR) is 106 cm³/mol. The van der Waals surface area contributed by atoms with E-state index in [4.69, 9.17) is 14.2 Å². The lowest BCUT2D eigenvalue weighted by Gasteiger charge is -2.09. The summed E-state index contributed by atoms with van der Waals surface area (Å²) in [6.07, 6.45) is 0. The van der Waals surface area contributed by atoms with Crippen LogP contribution in [0.2, 0.25) is 0 Å². The maximum atomic E-state index is 12.1. The van der Waals surface area contributed by atoms with Gasteiger partial charge >= 0.3 is 11.9 Å². The van der Waals surface area contributed by atoms with Crippen molar-refractivity contribution < 1.29 is 28.6 Å². The molecule has 1 aromatic carbocycles. The molecule has 1 heterocycles. The van der Waals surface area contributed by atoms with Crippen LogP contribution < -0.4 is 10.1 Å². The number of ether oxygens (including phenoxy) is 3. The Bertz CT molecular complexity index is 902. The Balaban J connectivity index is 1.87. The number of aryl methyl sites for hydroxylation is 3. The SMILES string of the molecule is COC(=O)c1c(NC(=O)COC(=O)COc2ccc(C)c(C)c2)sc(C)c1C. The number of nitrogens with one attached hydrogen (secondary N) is 1. The van der Waals surface area contributed by atoms with E-state index < -0.39 is 24.5 Å². The van der Waals surface area contributed by atoms with Crippen LogP contribution in [0.15, 0.2) is 18.2 Å². The molecule has 1 amide bonds. The van der Waals surface area contributed by atoms with Gasteiger partial charge < -0.3 is 19.5 Å². The van der Waals surface area contributed by atoms with Gasteiger partial charge in [0.05, 0.1) is 12.7 Å². The summed E-state index contributed by atoms with van der Waals surface area (Å²) in [5.74, 6) is -1.20. The highest BCUT2D eigenvalue weighted by Gasteiger charge is 2.22. The Morgan fingerprint density at radius 2 is 1.75 bits per heavy atom. The number of methoxy groups -OCH3 is 1. The predicted octanol–water partition coefficient (Wildman–Crippen LogP) is 3.33. The van der Waals surface area contributed by atoms with Gasteiger partial charge in [0.15, 0.2) is 13.2 Å². The molecule has 2 aromatic rings. The molecule has 0 aliphatic heterocycles. The zero-order chi connectivity index (χ0) is 20.8. The van der Waals surface area contributed by atoms with E-state index in [-0.39, 0.29) is 6.61 Å². The summed E-state index contributed by atoms with van der Waals surface area (Å²) in [5.41, 5.74) is 3.22. The van der Waals surface area contributed by atoms with Gasteiger partial charge in [-0.25, -0.2) is 9.59 Å². The van der Waals surface area contributed by atoms with E-state index in [1.807, 2.05) is 32.9 Å². The number of hydrogen-bond acceptors (Lipinski definition) is 7. The Labute approximate surface area is 167 Å². The van der Waals surface area contributed by atoms with E-state index in [2.05, 4.69) is 5.32 Å². The summed E-state index contributed by atoms with van der Waals surface area (Å²) < 4.78 is 15.1. The first-order valence-electron chi connectivity index (χ1n) is 8.56. The largest absolute Gasteiger partial charge is 0.482 e. The van der Waals surface area contributed by atoms with Gasteiger partial charge in [-0.05, 0) is 56.5 Å². The van der Waals surface area contributed by atoms with Crippen LogP contribution in [-0.2, 0) is 19.1 Å². The van der Waals surface area contributed by atoms with Crippen LogP contribution in [0.3, 0.4) is 0 Å². The number of rotatable bonds is 7. The second-order valence-corrected chi connectivity index (χ2v) is 7.45. The van der Waals surface area contributed by atoms with Crippen LogP contribution in [0, 0.1) is 27.7 Å². The number of benzene rings is 1. The Morgan fingerprint density at radius 1 is 1.04 bits per heavy atom. The van der Waals surface area contributed by atoms with E-state index >= 15 is 0 Å². The fourth-order valence-corrected chi connectivity index (χ4v) is 3.42. The Kier molecular flexibility index (Phi) is 7.17. The zero-order valence-electron chi connectivity index (χ0n) is 16.5. The highest BCUT2D eigenvalue weighted by atomic mass is 32.1. The lowest BCUT2D eigenvalue weighted by Crippen LogP contribution is -2.24. The Morgan fingerprint density at radius 3 is 2.39 bits per heavy atom. The number of esters is 2. The molecule has 0 saturated carbocycles. The van der Waals surface area contributed by atoms with Gasteiger partial charge in [0.1, 0.15) is 10.8 Å². The standard InChI is InChI=1S/C20H23NO6S/c1-11-6-7-15(8-12(11)2)26-10-17(23)27-9-16(22)21-19-18(20(24)25-5)13(3)14(4)28-19/h6-8H,9-10H2,1-5H3,(H,21,22). The van der Waals surface area contributed by atoms with Gasteiger partial charge in [0.2, 0.25) is 0 Å². The third kappa shape index (κ3) is 5.32. The molecule has 0 unspecified atom stereocenters. The minimum absolute atomic E-state index is 0.305. The molecule has 0 saturated heterocycles. The number of anilines is 1. The van der Waals surface area contributed by atoms with E-state index in [1.165, 1.54) is 18.4 Å². The topological polar surface area (TPSA) is 90.9 Å². The molecule has 0 aliphatic rings. The molecule has 0 fully saturated rings. The number of hydrogen-bond donors (Lipinski definition) is 1. The molecule has 0 spiro atoms. The van der Waals surface area contributed by atoms with Crippen molar-refractivity contribution in [1.82, 2.24) is 0 Å². The summed E-state index contributed by atoms with van der Waals surface area (Å²) in [6, 6.07) is 5.48. The van der Waals surface area contributed by atoms with Crippen molar-refractivity contribution in [2.45, 2.75) is 27.7 Å². The first kappa shape index (κ1) is 21.4. The molecule has 150 valence electrons. The molecule has 0 atom stereocenters. The fraction of sp³-hybridized carbons (Fsp3) is 0.350. The van der Waals surface area contributed by atoms with Crippen LogP contribution in [0.5, 0.6) is 5.75 Å². The highest BCUT2D eigenvalue weighted by molar-refractivity contribution is 7.16. The van der Waals surface area contributed by atoms with Crippen molar-refractivity contribution in [3.63, 3.8) is 0 Å². The van der Waals surface area contributed by atoms with E-state index in [0.29, 0.717) is 16.3 Å². The molecule has 8 heteroatoms. The molecular formula is C20H23NO6S. The van der Waals surface area contributed by atoms with Crippen LogP contribution in [-0.4, -0.2) is 38.2 Å². The van der Waals surface area contributed by atoms with Crippen LogP contribution in [0.25, 0.3) is 0 Å². The van der Waals surface area contributed by atoms with Gasteiger partial charge in [-0.15, -0.1) is 11.3 Å². The Hall–Kier alpha value is -2.87. The summed E-state index contributed by atoms with van der Waals surface area (Å²) >= 11 is 1.26. The van der Waals surface area contributed by atoms with Crippen molar-refractivity contribution in [2.24, 2.45) is 0 Å². The second kappa shape index (κ2) is 9.36. The number of carbonyl (C=O) groups is 3. The lowest BCUT2D eigenvalue weighted by molar-refractivity contribution is -0.149. The summed E-state index contributed by atoms with van der Waals surface area (Å²) in [6.45, 7) is 6.76. The van der Waals surface area contributed by atoms with Crippen molar-refractivity contribution in [2.75, 3.05) is 25.6 Å². The quantitative estimate of drug-likeness (QED) is 0.711. The van der Waals surface area contributed by atoms with Gasteiger partial charge in [0.25, 0.3) is 5.91 Å². The van der Waals surface area contributed by atoms with Gasteiger partial charge in [-0.2, -0.15) is 0 Å². The van der Waals surface area contributed by atoms with Crippen molar-refractivity contribution in [1.29, 1.82) is 0 Å². The van der Waals surface area contributed by atoms with E-state index in [9.17, 15) is 14.4 Å². The minimum atomic E-state index is -0.667. The van der Waals surface area contributed by atoms with Gasteiger partial charge in [-0.3, -0.25) is 4.79 Å². The lowest BCUT2D eigenvalue weighted by atomic mass is 10.1. The van der Waals surface area contributed by atoms with Crippen molar-refractivity contribution in [3.8, 4) is 5.75 Å². The number of thiophene rings is 1. The minimum Gasteiger partial charge on any atom is -0.482 e. The number of carbonyl (C=O) groups excluding carboxylic acids is 3. The summed E-state index contributed by atoms with van der Waals surface area (Å²) in [5, 5.41) is 2.96. The fourth-order valence-electron chi connectivity index (χ4n) is 2.36. The average molecular weight is 405 g/mol. The van der Waals surface area contributed by atoms with Crippen LogP contribution >= 0.6 is 11.3 Å². The zero-order valence-corrected chi connectivity index (χ0v) is 17.3. The normalized spacial score (nSPS) is 10.3. The maximum absolute atomic E-state index is 12.1. The third-order valence-electron chi connectivity index (χ3n) is 4.23. The molecule has 1 aromatic heterocycles. The van der Waals surface area contributed by atoms with Gasteiger partial charge in [-0.1, -0.05) is 6.07 Å². The average Bonchev–Trinajstić information content (AvgIpc) is 2.93. The smallest absolute Gasteiger partial charge is 0.344 e. The molecule has 0 radical (unpaired) electrons. The molecule has 2 rings (SSSR count). The van der Waals surface area contributed by atoms with E-state index in [0.717, 1.165) is 21.6 Å². The van der Waals surface area contributed by atoms with Crippen molar-refractivity contribution in [3.05, 3.63) is 45.3 Å². The molecule has 7 nitrogen and oxygen atoms in total. The van der Waals surface area contributed by atoms with Gasteiger partial charge in [0, 0.05) is 4.88 Å². The summed E-state index contributed by atoms with van der Waals surface area (Å²) in [4.78, 5) is 36.7. The second-order valence-electron chi connectivity index (χ2n) is 6.22. The molecule has 1 N–H and O–H groups in total. The molecule has 0 aliphatic carbocycles. The highest BCUT2D eigenvalue weighted by Crippen LogP contribution is 2.32. The maximum Gasteiger partial charge on any atom is 0.344 e. The van der Waals surface area contributed by atoms with Crippen molar-refractivity contribution >= 4 is 34.2 Å². The van der Waals surface area contributed by atoms with Crippen LogP contribution in [0.4, 0.5) is 5.00 Å². The number of amides is 1. The van der Waals surface area contributed by atoms with Crippen LogP contribution in [0.1, 0.15) is 31.9 Å². The molecular weight excluding hydrogens is 382 g/mol. The molecule has 28 heavy (non-hydrogen) atoms. The summed E-state index contributed by atoms with van der Waals surface area (Å²) in [7, 11) is 1.28. The van der Waals surface area contributed by atoms with E-state index in [1.54, 1.807) is 13.0 Å². The first-order chi connectivity index (χ1) is 13.2. The third-order valence-corrected chi connectivity index (χ3v) is 5.35. The molecule has 0 bridgehead atoms. The monoisotopic (exact) mass is 405 g/mol.